The number of aromatic nitrogens is 3. The first kappa shape index (κ1) is 20.8. The number of benzene rings is 3. The van der Waals surface area contributed by atoms with E-state index in [0.717, 1.165) is 22.4 Å². The molecule has 1 heterocycles. The third-order valence-electron chi connectivity index (χ3n) is 5.39. The van der Waals surface area contributed by atoms with Crippen LogP contribution in [0.15, 0.2) is 60.7 Å². The molecule has 1 aromatic heterocycles. The fourth-order valence-electron chi connectivity index (χ4n) is 3.27. The molecule has 0 fully saturated rings. The largest absolute Gasteiger partial charge is 0.319 e. The van der Waals surface area contributed by atoms with E-state index in [0.29, 0.717) is 16.5 Å². The van der Waals surface area contributed by atoms with Crippen LogP contribution in [0.1, 0.15) is 32.9 Å². The van der Waals surface area contributed by atoms with E-state index in [2.05, 4.69) is 22.3 Å². The number of hydrogen-bond donors (Lipinski definition) is 1. The molecule has 31 heavy (non-hydrogen) atoms. The third kappa shape index (κ3) is 4.37. The Kier molecular flexibility index (Phi) is 5.61. The van der Waals surface area contributed by atoms with Crippen LogP contribution in [0.5, 0.6) is 0 Å². The molecular formula is C25H23ClN4O. The van der Waals surface area contributed by atoms with Gasteiger partial charge in [-0.3, -0.25) is 4.79 Å². The van der Waals surface area contributed by atoms with Crippen molar-refractivity contribution >= 4 is 23.2 Å². The maximum Gasteiger partial charge on any atom is 0.295 e. The molecule has 0 aliphatic carbocycles. The fraction of sp³-hybridized carbons (Fsp3) is 0.160. The number of carbonyl (C=O) groups excluding carboxylic acids is 1. The quantitative estimate of drug-likeness (QED) is 0.427. The lowest BCUT2D eigenvalue weighted by atomic mass is 10.1. The fourth-order valence-corrected chi connectivity index (χ4v) is 3.46. The van der Waals surface area contributed by atoms with Gasteiger partial charge in [0.15, 0.2) is 5.82 Å². The number of carbonyl (C=O) groups is 1. The maximum atomic E-state index is 13.0. The first-order chi connectivity index (χ1) is 14.8. The Morgan fingerprint density at radius 2 is 1.58 bits per heavy atom. The molecule has 0 atom stereocenters. The highest BCUT2D eigenvalue weighted by Crippen LogP contribution is 2.25. The van der Waals surface area contributed by atoms with Crippen LogP contribution < -0.4 is 5.32 Å². The summed E-state index contributed by atoms with van der Waals surface area (Å²) in [6.07, 6.45) is 0. The lowest BCUT2D eigenvalue weighted by Crippen LogP contribution is -2.14. The zero-order valence-electron chi connectivity index (χ0n) is 17.9. The number of halogens is 1. The van der Waals surface area contributed by atoms with Crippen LogP contribution in [0.25, 0.3) is 17.1 Å². The number of amides is 1. The van der Waals surface area contributed by atoms with Gasteiger partial charge < -0.3 is 5.32 Å². The Hall–Kier alpha value is -3.44. The van der Waals surface area contributed by atoms with Gasteiger partial charge in [0.2, 0.25) is 5.82 Å². The maximum absolute atomic E-state index is 13.0. The van der Waals surface area contributed by atoms with Crippen LogP contribution in [0.4, 0.5) is 5.69 Å². The van der Waals surface area contributed by atoms with Crippen molar-refractivity contribution in [3.8, 4) is 17.1 Å². The lowest BCUT2D eigenvalue weighted by molar-refractivity contribution is 0.101. The predicted molar refractivity (Wildman–Crippen MR) is 125 cm³/mol. The highest BCUT2D eigenvalue weighted by molar-refractivity contribution is 6.30. The molecule has 6 heteroatoms. The minimum Gasteiger partial charge on any atom is -0.319 e. The Labute approximate surface area is 186 Å². The second-order valence-corrected chi connectivity index (χ2v) is 8.14. The van der Waals surface area contributed by atoms with Crippen molar-refractivity contribution in [3.63, 3.8) is 0 Å². The third-order valence-corrected chi connectivity index (χ3v) is 5.63. The molecule has 0 aliphatic heterocycles. The van der Waals surface area contributed by atoms with E-state index < -0.39 is 0 Å². The number of hydrogen-bond acceptors (Lipinski definition) is 3. The van der Waals surface area contributed by atoms with E-state index in [1.807, 2.05) is 75.4 Å². The Balaban J connectivity index is 1.77. The van der Waals surface area contributed by atoms with Gasteiger partial charge in [-0.15, -0.1) is 5.10 Å². The Morgan fingerprint density at radius 3 is 2.26 bits per heavy atom. The van der Waals surface area contributed by atoms with Crippen molar-refractivity contribution in [2.45, 2.75) is 27.7 Å². The topological polar surface area (TPSA) is 59.8 Å². The van der Waals surface area contributed by atoms with E-state index in [-0.39, 0.29) is 11.7 Å². The molecule has 5 nitrogen and oxygen atoms in total. The number of nitrogens with one attached hydrogen (secondary N) is 1. The summed E-state index contributed by atoms with van der Waals surface area (Å²) >= 11 is 6.21. The van der Waals surface area contributed by atoms with Crippen molar-refractivity contribution in [1.29, 1.82) is 0 Å². The van der Waals surface area contributed by atoms with E-state index in [1.165, 1.54) is 11.1 Å². The molecular weight excluding hydrogens is 408 g/mol. The van der Waals surface area contributed by atoms with Crippen molar-refractivity contribution in [2.24, 2.45) is 0 Å². The molecule has 0 saturated heterocycles. The molecule has 1 amide bonds. The molecule has 0 saturated carbocycles. The van der Waals surface area contributed by atoms with E-state index >= 15 is 0 Å². The summed E-state index contributed by atoms with van der Waals surface area (Å²) in [7, 11) is 0. The summed E-state index contributed by atoms with van der Waals surface area (Å²) in [5.41, 5.74) is 6.90. The van der Waals surface area contributed by atoms with Gasteiger partial charge in [-0.1, -0.05) is 35.9 Å². The molecule has 1 N–H and O–H groups in total. The summed E-state index contributed by atoms with van der Waals surface area (Å²) in [4.78, 5) is 17.5. The second-order valence-electron chi connectivity index (χ2n) is 7.70. The Bertz CT molecular complexity index is 1290. The van der Waals surface area contributed by atoms with Gasteiger partial charge in [0.25, 0.3) is 5.91 Å². The van der Waals surface area contributed by atoms with Gasteiger partial charge in [-0.2, -0.15) is 0 Å². The molecule has 0 bridgehead atoms. The second kappa shape index (κ2) is 8.36. The van der Waals surface area contributed by atoms with Crippen LogP contribution in [-0.2, 0) is 0 Å². The van der Waals surface area contributed by atoms with Crippen LogP contribution in [0.2, 0.25) is 5.02 Å². The summed E-state index contributed by atoms with van der Waals surface area (Å²) in [5.74, 6) is 0.275. The molecule has 156 valence electrons. The standard InChI is InChI=1S/C25H23ClN4O/c1-15-8-10-21(12-17(15)3)27-25(31)23-28-24(19-6-5-7-20(26)14-19)30(29-23)22-11-9-16(2)18(4)13-22/h5-14H,1-4H3,(H,27,31). The van der Waals surface area contributed by atoms with Gasteiger partial charge in [0.05, 0.1) is 5.69 Å². The average Bonchev–Trinajstić information content (AvgIpc) is 3.18. The normalized spacial score (nSPS) is 10.9. The van der Waals surface area contributed by atoms with Crippen LogP contribution >= 0.6 is 11.6 Å². The van der Waals surface area contributed by atoms with Crippen LogP contribution in [0.3, 0.4) is 0 Å². The first-order valence-corrected chi connectivity index (χ1v) is 10.4. The number of anilines is 1. The summed E-state index contributed by atoms with van der Waals surface area (Å²) < 4.78 is 1.69. The van der Waals surface area contributed by atoms with Gasteiger partial charge in [0, 0.05) is 16.3 Å². The van der Waals surface area contributed by atoms with E-state index in [1.54, 1.807) is 10.7 Å². The smallest absolute Gasteiger partial charge is 0.295 e. The SMILES string of the molecule is Cc1ccc(NC(=O)c2nc(-c3cccc(Cl)c3)n(-c3ccc(C)c(C)c3)n2)cc1C. The predicted octanol–water partition coefficient (Wildman–Crippen LogP) is 6.07. The van der Waals surface area contributed by atoms with E-state index in [4.69, 9.17) is 11.6 Å². The van der Waals surface area contributed by atoms with Crippen molar-refractivity contribution in [1.82, 2.24) is 14.8 Å². The van der Waals surface area contributed by atoms with Crippen LogP contribution in [0, 0.1) is 27.7 Å². The molecule has 4 rings (SSSR count). The van der Waals surface area contributed by atoms with Gasteiger partial charge in [0.1, 0.15) is 0 Å². The molecule has 0 radical (unpaired) electrons. The molecule has 0 unspecified atom stereocenters. The summed E-state index contributed by atoms with van der Waals surface area (Å²) in [6.45, 7) is 8.14. The number of nitrogens with zero attached hydrogens (tertiary/aromatic N) is 3. The minimum absolute atomic E-state index is 0.0893. The summed E-state index contributed by atoms with van der Waals surface area (Å²) in [5, 5.41) is 8.03. The highest BCUT2D eigenvalue weighted by atomic mass is 35.5. The number of rotatable bonds is 4. The van der Waals surface area contributed by atoms with Gasteiger partial charge in [-0.05, 0) is 86.3 Å². The zero-order valence-corrected chi connectivity index (χ0v) is 18.7. The highest BCUT2D eigenvalue weighted by Gasteiger charge is 2.19. The van der Waals surface area contributed by atoms with Gasteiger partial charge in [-0.25, -0.2) is 9.67 Å². The van der Waals surface area contributed by atoms with Gasteiger partial charge >= 0.3 is 0 Å². The molecule has 4 aromatic rings. The monoisotopic (exact) mass is 430 g/mol. The Morgan fingerprint density at radius 1 is 0.871 bits per heavy atom. The van der Waals surface area contributed by atoms with Crippen molar-refractivity contribution < 1.29 is 4.79 Å². The van der Waals surface area contributed by atoms with E-state index in [9.17, 15) is 4.79 Å². The van der Waals surface area contributed by atoms with Crippen molar-refractivity contribution in [2.75, 3.05) is 5.32 Å². The van der Waals surface area contributed by atoms with Crippen LogP contribution in [-0.4, -0.2) is 20.7 Å². The molecule has 0 aliphatic rings. The summed E-state index contributed by atoms with van der Waals surface area (Å²) in [6, 6.07) is 19.2. The first-order valence-electron chi connectivity index (χ1n) is 10.0. The van der Waals surface area contributed by atoms with Crippen molar-refractivity contribution in [3.05, 3.63) is 93.8 Å². The minimum atomic E-state index is -0.367. The average molecular weight is 431 g/mol. The zero-order chi connectivity index (χ0) is 22.1. The molecule has 0 spiro atoms. The molecule has 3 aromatic carbocycles. The lowest BCUT2D eigenvalue weighted by Gasteiger charge is -2.08. The number of aryl methyl sites for hydroxylation is 4.